The summed E-state index contributed by atoms with van der Waals surface area (Å²) in [5.41, 5.74) is -0.159. The quantitative estimate of drug-likeness (QED) is 0.353. The predicted molar refractivity (Wildman–Crippen MR) is 79.4 cm³/mol. The summed E-state index contributed by atoms with van der Waals surface area (Å²) in [6.07, 6.45) is -4.27. The number of carbonyl (C=O) groups is 1. The molecule has 0 aliphatic carbocycles. The number of aromatic nitrogens is 1. The third-order valence-electron chi connectivity index (χ3n) is 3.47. The van der Waals surface area contributed by atoms with Crippen molar-refractivity contribution < 1.29 is 27.7 Å². The van der Waals surface area contributed by atoms with Gasteiger partial charge in [-0.1, -0.05) is 13.0 Å². The summed E-state index contributed by atoms with van der Waals surface area (Å²) in [4.78, 5) is 21.4. The maximum Gasteiger partial charge on any atom is 0.417 e. The first-order valence-electron chi connectivity index (χ1n) is 6.90. The highest BCUT2D eigenvalue weighted by Crippen LogP contribution is 2.38. The molecule has 0 bridgehead atoms. The lowest BCUT2D eigenvalue weighted by atomic mass is 10.0. The maximum atomic E-state index is 13.3. The van der Waals surface area contributed by atoms with Crippen LogP contribution in [0.1, 0.15) is 28.5 Å². The van der Waals surface area contributed by atoms with Crippen molar-refractivity contribution in [2.24, 2.45) is 7.05 Å². The minimum Gasteiger partial charge on any atom is -0.338 e. The normalized spacial score (nSPS) is 11.9. The fourth-order valence-electron chi connectivity index (χ4n) is 2.58. The fourth-order valence-corrected chi connectivity index (χ4v) is 2.65. The summed E-state index contributed by atoms with van der Waals surface area (Å²) in [5, 5.41) is 0.00860. The second kappa shape index (κ2) is 6.80. The van der Waals surface area contributed by atoms with E-state index in [4.69, 9.17) is 11.6 Å². The number of halogens is 4. The zero-order chi connectivity index (χ0) is 17.2. The van der Waals surface area contributed by atoms with Crippen LogP contribution in [0.25, 0.3) is 10.9 Å². The molecule has 0 unspecified atom stereocenters. The van der Waals surface area contributed by atoms with Crippen molar-refractivity contribution >= 4 is 28.5 Å². The molecule has 126 valence electrons. The molecule has 0 saturated carbocycles. The van der Waals surface area contributed by atoms with E-state index in [1.165, 1.54) is 23.7 Å². The molecular weight excluding hydrogens is 335 g/mol. The molecule has 8 heteroatoms. The maximum absolute atomic E-state index is 13.3. The number of hydrogen-bond acceptors (Lipinski definition) is 3. The third-order valence-corrected chi connectivity index (χ3v) is 3.63. The molecule has 0 aliphatic rings. The Kier molecular flexibility index (Phi) is 5.21. The van der Waals surface area contributed by atoms with E-state index in [0.29, 0.717) is 5.52 Å². The first kappa shape index (κ1) is 17.6. The zero-order valence-electron chi connectivity index (χ0n) is 12.5. The predicted octanol–water partition coefficient (Wildman–Crippen LogP) is 4.09. The van der Waals surface area contributed by atoms with Crippen LogP contribution < -0.4 is 0 Å². The number of rotatable bonds is 5. The first-order valence-corrected chi connectivity index (χ1v) is 7.43. The van der Waals surface area contributed by atoms with Crippen LogP contribution in [0.2, 0.25) is 0 Å². The number of nitrogens with zero attached hydrogens (tertiary/aromatic N) is 1. The monoisotopic (exact) mass is 349 g/mol. The van der Waals surface area contributed by atoms with Gasteiger partial charge in [0.25, 0.3) is 0 Å². The second-order valence-electron chi connectivity index (χ2n) is 4.82. The van der Waals surface area contributed by atoms with Crippen molar-refractivity contribution in [2.45, 2.75) is 19.5 Å². The summed E-state index contributed by atoms with van der Waals surface area (Å²) in [5.74, 6) is -0.722. The molecule has 0 saturated heterocycles. The number of aryl methyl sites for hydroxylation is 2. The smallest absolute Gasteiger partial charge is 0.338 e. The van der Waals surface area contributed by atoms with Gasteiger partial charge in [-0.15, -0.1) is 11.6 Å². The molecule has 1 aromatic heterocycles. The van der Waals surface area contributed by atoms with E-state index in [9.17, 15) is 18.0 Å². The van der Waals surface area contributed by atoms with Crippen LogP contribution in [0.5, 0.6) is 0 Å². The van der Waals surface area contributed by atoms with Gasteiger partial charge in [0.15, 0.2) is 0 Å². The molecule has 0 spiro atoms. The molecule has 1 aromatic carbocycles. The topological polar surface area (TPSA) is 40.5 Å². The Morgan fingerprint density at radius 3 is 2.61 bits per heavy atom. The van der Waals surface area contributed by atoms with Crippen LogP contribution in [0.3, 0.4) is 0 Å². The molecule has 0 aliphatic heterocycles. The Bertz CT molecular complexity index is 725. The van der Waals surface area contributed by atoms with Crippen molar-refractivity contribution in [2.75, 3.05) is 12.5 Å². The Morgan fingerprint density at radius 1 is 1.35 bits per heavy atom. The Balaban J connectivity index is 2.63. The van der Waals surface area contributed by atoms with Crippen LogP contribution in [0.15, 0.2) is 18.2 Å². The average molecular weight is 350 g/mol. The highest BCUT2D eigenvalue weighted by atomic mass is 35.5. The van der Waals surface area contributed by atoms with Crippen LogP contribution in [0.4, 0.5) is 13.2 Å². The molecule has 0 fully saturated rings. The highest BCUT2D eigenvalue weighted by Gasteiger charge is 2.35. The molecular formula is C15H15ClF3NO3. The van der Waals surface area contributed by atoms with Gasteiger partial charge in [-0.25, -0.2) is 4.79 Å². The summed E-state index contributed by atoms with van der Waals surface area (Å²) in [6.45, 7) is 1.67. The van der Waals surface area contributed by atoms with Gasteiger partial charge in [0, 0.05) is 18.0 Å². The summed E-state index contributed by atoms with van der Waals surface area (Å²) >= 11 is 5.41. The van der Waals surface area contributed by atoms with Gasteiger partial charge >= 0.3 is 12.1 Å². The molecule has 1 heterocycles. The molecule has 4 nitrogen and oxygen atoms in total. The van der Waals surface area contributed by atoms with Crippen LogP contribution in [-0.2, 0) is 29.4 Å². The molecule has 0 radical (unpaired) electrons. The van der Waals surface area contributed by atoms with Crippen molar-refractivity contribution in [3.63, 3.8) is 0 Å². The molecule has 23 heavy (non-hydrogen) atoms. The first-order chi connectivity index (χ1) is 10.8. The summed E-state index contributed by atoms with van der Waals surface area (Å²) in [7, 11) is 1.51. The van der Waals surface area contributed by atoms with E-state index in [0.717, 1.165) is 6.07 Å². The van der Waals surface area contributed by atoms with Crippen molar-refractivity contribution in [1.82, 2.24) is 4.57 Å². The van der Waals surface area contributed by atoms with Gasteiger partial charge in [-0.05, 0) is 24.1 Å². The lowest BCUT2D eigenvalue weighted by Gasteiger charge is -2.09. The van der Waals surface area contributed by atoms with Gasteiger partial charge in [0.1, 0.15) is 12.3 Å². The van der Waals surface area contributed by atoms with Gasteiger partial charge in [-0.2, -0.15) is 18.1 Å². The van der Waals surface area contributed by atoms with Gasteiger partial charge in [0.2, 0.25) is 0 Å². The van der Waals surface area contributed by atoms with Crippen molar-refractivity contribution in [3.05, 3.63) is 35.0 Å². The standard InChI is InChI=1S/C15H15ClF3NO3/c1-3-9-12-10(15(17,18)19)5-4-6-11(12)20(2)13(9)14(21)23-22-8-7-16/h4-6H,3,7-8H2,1-2H3. The van der Waals surface area contributed by atoms with E-state index in [1.54, 1.807) is 6.92 Å². The van der Waals surface area contributed by atoms with E-state index in [1.807, 2.05) is 0 Å². The Hall–Kier alpha value is -1.73. The second-order valence-corrected chi connectivity index (χ2v) is 5.20. The largest absolute Gasteiger partial charge is 0.417 e. The van der Waals surface area contributed by atoms with Gasteiger partial charge in [-0.3, -0.25) is 4.89 Å². The lowest BCUT2D eigenvalue weighted by molar-refractivity contribution is -0.236. The van der Waals surface area contributed by atoms with Gasteiger partial charge < -0.3 is 4.57 Å². The van der Waals surface area contributed by atoms with E-state index < -0.39 is 17.7 Å². The summed E-state index contributed by atoms with van der Waals surface area (Å²) < 4.78 is 41.2. The molecule has 2 aromatic rings. The van der Waals surface area contributed by atoms with Crippen LogP contribution in [-0.4, -0.2) is 23.0 Å². The Labute approximate surface area is 135 Å². The lowest BCUT2D eigenvalue weighted by Crippen LogP contribution is -2.13. The van der Waals surface area contributed by atoms with E-state index >= 15 is 0 Å². The van der Waals surface area contributed by atoms with Crippen molar-refractivity contribution in [1.29, 1.82) is 0 Å². The molecule has 0 N–H and O–H groups in total. The Morgan fingerprint density at radius 2 is 2.04 bits per heavy atom. The molecule has 0 amide bonds. The molecule has 0 atom stereocenters. The van der Waals surface area contributed by atoms with E-state index in [2.05, 4.69) is 9.78 Å². The zero-order valence-corrected chi connectivity index (χ0v) is 13.3. The highest BCUT2D eigenvalue weighted by molar-refractivity contribution is 6.17. The average Bonchev–Trinajstić information content (AvgIpc) is 2.79. The SMILES string of the molecule is CCc1c(C(=O)OOCCCl)n(C)c2cccc(C(F)(F)F)c12. The van der Waals surface area contributed by atoms with Crippen molar-refractivity contribution in [3.8, 4) is 0 Å². The van der Waals surface area contributed by atoms with Crippen LogP contribution >= 0.6 is 11.6 Å². The minimum atomic E-state index is -4.51. The fraction of sp³-hybridized carbons (Fsp3) is 0.400. The van der Waals surface area contributed by atoms with Crippen LogP contribution in [0, 0.1) is 0 Å². The third kappa shape index (κ3) is 3.30. The molecule has 2 rings (SSSR count). The number of benzene rings is 1. The summed E-state index contributed by atoms with van der Waals surface area (Å²) in [6, 6.07) is 3.84. The number of fused-ring (bicyclic) bond motifs is 1. The minimum absolute atomic E-state index is 0.00744. The number of hydrogen-bond donors (Lipinski definition) is 0. The number of alkyl halides is 4. The number of carbonyl (C=O) groups excluding carboxylic acids is 1. The van der Waals surface area contributed by atoms with E-state index in [-0.39, 0.29) is 35.6 Å². The van der Waals surface area contributed by atoms with Gasteiger partial charge in [0.05, 0.1) is 11.4 Å².